The van der Waals surface area contributed by atoms with Crippen molar-refractivity contribution in [2.45, 2.75) is 25.7 Å². The smallest absolute Gasteiger partial charge is 0.0500 e. The quantitative estimate of drug-likeness (QED) is 0.859. The Kier molecular flexibility index (Phi) is 4.46. The molecule has 0 spiro atoms. The van der Waals surface area contributed by atoms with Gasteiger partial charge in [0.25, 0.3) is 0 Å². The van der Waals surface area contributed by atoms with E-state index >= 15 is 0 Å². The number of aliphatic hydroxyl groups excluding tert-OH is 1. The van der Waals surface area contributed by atoms with Gasteiger partial charge in [0.05, 0.1) is 0 Å². The first kappa shape index (κ1) is 10.7. The lowest BCUT2D eigenvalue weighted by molar-refractivity contribution is 0.258. The van der Waals surface area contributed by atoms with Crippen LogP contribution in [0.15, 0.2) is 28.7 Å². The van der Waals surface area contributed by atoms with Gasteiger partial charge >= 0.3 is 0 Å². The van der Waals surface area contributed by atoms with Gasteiger partial charge in [0.2, 0.25) is 0 Å². The molecule has 0 aliphatic rings. The number of hydrogen-bond donors (Lipinski definition) is 1. The van der Waals surface area contributed by atoms with Gasteiger partial charge in [-0.15, -0.1) is 0 Å². The molecule has 1 atom stereocenters. The van der Waals surface area contributed by atoms with E-state index in [0.717, 1.165) is 17.3 Å². The van der Waals surface area contributed by atoms with Crippen molar-refractivity contribution in [3.63, 3.8) is 0 Å². The zero-order chi connectivity index (χ0) is 9.68. The Morgan fingerprint density at radius 3 is 2.62 bits per heavy atom. The number of rotatable bonds is 4. The van der Waals surface area contributed by atoms with E-state index in [4.69, 9.17) is 0 Å². The lowest BCUT2D eigenvalue weighted by Gasteiger charge is -2.14. The summed E-state index contributed by atoms with van der Waals surface area (Å²) in [6, 6.07) is 8.10. The molecule has 0 saturated heterocycles. The van der Waals surface area contributed by atoms with Crippen molar-refractivity contribution >= 4 is 15.9 Å². The van der Waals surface area contributed by atoms with Crippen molar-refractivity contribution in [3.05, 3.63) is 34.3 Å². The zero-order valence-corrected chi connectivity index (χ0v) is 9.42. The Morgan fingerprint density at radius 2 is 2.08 bits per heavy atom. The van der Waals surface area contributed by atoms with Crippen LogP contribution in [-0.2, 0) is 0 Å². The molecule has 0 bridgehead atoms. The van der Waals surface area contributed by atoms with Gasteiger partial charge in [-0.05, 0) is 18.1 Å². The minimum absolute atomic E-state index is 0.233. The van der Waals surface area contributed by atoms with Crippen molar-refractivity contribution in [1.29, 1.82) is 0 Å². The molecule has 1 rings (SSSR count). The summed E-state index contributed by atoms with van der Waals surface area (Å²) in [5, 5.41) is 9.21. The highest BCUT2D eigenvalue weighted by molar-refractivity contribution is 9.10. The van der Waals surface area contributed by atoms with Crippen molar-refractivity contribution in [1.82, 2.24) is 0 Å². The van der Waals surface area contributed by atoms with Crippen LogP contribution in [0.2, 0.25) is 0 Å². The molecule has 13 heavy (non-hydrogen) atoms. The summed E-state index contributed by atoms with van der Waals surface area (Å²) in [7, 11) is 0. The molecule has 72 valence electrons. The van der Waals surface area contributed by atoms with E-state index in [-0.39, 0.29) is 12.5 Å². The molecule has 0 heterocycles. The molecule has 0 aliphatic heterocycles. The molecule has 0 fully saturated rings. The Bertz CT molecular complexity index is 260. The van der Waals surface area contributed by atoms with Gasteiger partial charge in [-0.25, -0.2) is 0 Å². The maximum absolute atomic E-state index is 9.21. The monoisotopic (exact) mass is 242 g/mol. The predicted octanol–water partition coefficient (Wildman–Crippen LogP) is 3.33. The third-order valence-electron chi connectivity index (χ3n) is 2.20. The Hall–Kier alpha value is -0.340. The molecule has 1 nitrogen and oxygen atoms in total. The maximum Gasteiger partial charge on any atom is 0.0500 e. The van der Waals surface area contributed by atoms with Gasteiger partial charge in [-0.3, -0.25) is 0 Å². The van der Waals surface area contributed by atoms with Crippen LogP contribution in [0.3, 0.4) is 0 Å². The van der Waals surface area contributed by atoms with Gasteiger partial charge < -0.3 is 5.11 Å². The minimum atomic E-state index is 0.233. The summed E-state index contributed by atoms with van der Waals surface area (Å²) in [6.07, 6.45) is 2.14. The Morgan fingerprint density at radius 1 is 1.38 bits per heavy atom. The fourth-order valence-corrected chi connectivity index (χ4v) is 2.11. The molecular formula is C11H15BrO. The fraction of sp³-hybridized carbons (Fsp3) is 0.455. The molecule has 0 radical (unpaired) electrons. The Labute approximate surface area is 87.9 Å². The van der Waals surface area contributed by atoms with Crippen LogP contribution in [-0.4, -0.2) is 11.7 Å². The van der Waals surface area contributed by atoms with E-state index in [1.54, 1.807) is 0 Å². The van der Waals surface area contributed by atoms with E-state index in [2.05, 4.69) is 28.9 Å². The summed E-state index contributed by atoms with van der Waals surface area (Å²) in [5.74, 6) is 0.278. The molecule has 0 aromatic heterocycles. The Balaban J connectivity index is 2.84. The lowest BCUT2D eigenvalue weighted by Crippen LogP contribution is -2.04. The summed E-state index contributed by atoms with van der Waals surface area (Å²) in [6.45, 7) is 2.37. The van der Waals surface area contributed by atoms with E-state index in [1.165, 1.54) is 5.56 Å². The fourth-order valence-electron chi connectivity index (χ4n) is 1.50. The SMILES string of the molecule is CCCC(CO)c1ccccc1Br. The van der Waals surface area contributed by atoms with Crippen LogP contribution in [0.25, 0.3) is 0 Å². The maximum atomic E-state index is 9.21. The minimum Gasteiger partial charge on any atom is -0.396 e. The molecule has 1 N–H and O–H groups in total. The van der Waals surface area contributed by atoms with Crippen molar-refractivity contribution in [2.75, 3.05) is 6.61 Å². The first-order valence-corrected chi connectivity index (χ1v) is 5.44. The van der Waals surface area contributed by atoms with Crippen LogP contribution in [0, 0.1) is 0 Å². The van der Waals surface area contributed by atoms with E-state index in [9.17, 15) is 5.11 Å². The van der Waals surface area contributed by atoms with Crippen molar-refractivity contribution in [3.8, 4) is 0 Å². The second kappa shape index (κ2) is 5.40. The van der Waals surface area contributed by atoms with Crippen LogP contribution < -0.4 is 0 Å². The second-order valence-electron chi connectivity index (χ2n) is 3.19. The molecular weight excluding hydrogens is 228 g/mol. The molecule has 2 heteroatoms. The highest BCUT2D eigenvalue weighted by atomic mass is 79.9. The summed E-state index contributed by atoms with van der Waals surface area (Å²) >= 11 is 3.50. The average molecular weight is 243 g/mol. The molecule has 1 aromatic carbocycles. The highest BCUT2D eigenvalue weighted by Gasteiger charge is 2.11. The number of aliphatic hydroxyl groups is 1. The van der Waals surface area contributed by atoms with Gasteiger partial charge in [0.1, 0.15) is 0 Å². The molecule has 0 aliphatic carbocycles. The summed E-state index contributed by atoms with van der Waals surface area (Å²) in [5.41, 5.74) is 1.21. The number of hydrogen-bond acceptors (Lipinski definition) is 1. The third kappa shape index (κ3) is 2.82. The number of halogens is 1. The van der Waals surface area contributed by atoms with Gasteiger partial charge in [0, 0.05) is 17.0 Å². The molecule has 1 aromatic rings. The third-order valence-corrected chi connectivity index (χ3v) is 2.92. The van der Waals surface area contributed by atoms with Gasteiger partial charge in [0.15, 0.2) is 0 Å². The molecule has 0 saturated carbocycles. The van der Waals surface area contributed by atoms with Crippen LogP contribution >= 0.6 is 15.9 Å². The standard InChI is InChI=1S/C11H15BrO/c1-2-5-9(8-13)10-6-3-4-7-11(10)12/h3-4,6-7,9,13H,2,5,8H2,1H3. The first-order chi connectivity index (χ1) is 6.29. The summed E-state index contributed by atoms with van der Waals surface area (Å²) in [4.78, 5) is 0. The van der Waals surface area contributed by atoms with E-state index in [1.807, 2.05) is 18.2 Å². The second-order valence-corrected chi connectivity index (χ2v) is 4.04. The van der Waals surface area contributed by atoms with E-state index < -0.39 is 0 Å². The molecule has 1 unspecified atom stereocenters. The average Bonchev–Trinajstić information content (AvgIpc) is 2.16. The van der Waals surface area contributed by atoms with Crippen LogP contribution in [0.5, 0.6) is 0 Å². The van der Waals surface area contributed by atoms with Crippen molar-refractivity contribution < 1.29 is 5.11 Å². The lowest BCUT2D eigenvalue weighted by atomic mass is 9.95. The topological polar surface area (TPSA) is 20.2 Å². The van der Waals surface area contributed by atoms with Gasteiger partial charge in [-0.1, -0.05) is 47.5 Å². The highest BCUT2D eigenvalue weighted by Crippen LogP contribution is 2.27. The largest absolute Gasteiger partial charge is 0.396 e. The van der Waals surface area contributed by atoms with E-state index in [0.29, 0.717) is 0 Å². The summed E-state index contributed by atoms with van der Waals surface area (Å²) < 4.78 is 1.10. The van der Waals surface area contributed by atoms with Crippen LogP contribution in [0.4, 0.5) is 0 Å². The zero-order valence-electron chi connectivity index (χ0n) is 7.83. The normalized spacial score (nSPS) is 12.8. The predicted molar refractivity (Wildman–Crippen MR) is 58.9 cm³/mol. The van der Waals surface area contributed by atoms with Crippen LogP contribution in [0.1, 0.15) is 31.2 Å². The number of benzene rings is 1. The molecule has 0 amide bonds. The van der Waals surface area contributed by atoms with Gasteiger partial charge in [-0.2, -0.15) is 0 Å². The van der Waals surface area contributed by atoms with Crippen molar-refractivity contribution in [2.24, 2.45) is 0 Å². The first-order valence-electron chi connectivity index (χ1n) is 4.64.